The highest BCUT2D eigenvalue weighted by atomic mass is 35.5. The van der Waals surface area contributed by atoms with Gasteiger partial charge >= 0.3 is 0 Å². The third-order valence-electron chi connectivity index (χ3n) is 6.21. The van der Waals surface area contributed by atoms with Crippen LogP contribution in [0.3, 0.4) is 0 Å². The van der Waals surface area contributed by atoms with Crippen molar-refractivity contribution in [2.75, 3.05) is 6.61 Å². The first-order valence-corrected chi connectivity index (χ1v) is 10.7. The maximum atomic E-state index is 12.5. The topological polar surface area (TPSA) is 66.4 Å². The van der Waals surface area contributed by atoms with Gasteiger partial charge in [-0.2, -0.15) is 0 Å². The Morgan fingerprint density at radius 1 is 1.28 bits per heavy atom. The second-order valence-corrected chi connectivity index (χ2v) is 9.93. The van der Waals surface area contributed by atoms with Crippen molar-refractivity contribution in [1.29, 1.82) is 0 Å². The van der Waals surface area contributed by atoms with Crippen LogP contribution in [-0.4, -0.2) is 26.2 Å². The third kappa shape index (κ3) is 3.95. The Hall–Kier alpha value is -0.880. The molecule has 0 saturated heterocycles. The van der Waals surface area contributed by atoms with Crippen molar-refractivity contribution >= 4 is 27.7 Å². The largest absolute Gasteiger partial charge is 0.396 e. The molecule has 3 aliphatic carbocycles. The number of hydrogen-bond donors (Lipinski definition) is 2. The van der Waals surface area contributed by atoms with Crippen LogP contribution < -0.4 is 4.72 Å². The van der Waals surface area contributed by atoms with E-state index in [2.05, 4.69) is 18.6 Å². The molecule has 4 rings (SSSR count). The average molecular weight is 384 g/mol. The van der Waals surface area contributed by atoms with Crippen LogP contribution >= 0.6 is 11.6 Å². The Kier molecular flexibility index (Phi) is 5.31. The van der Waals surface area contributed by atoms with Gasteiger partial charge < -0.3 is 5.11 Å². The summed E-state index contributed by atoms with van der Waals surface area (Å²) < 4.78 is 27.8. The first kappa shape index (κ1) is 18.9. The van der Waals surface area contributed by atoms with E-state index >= 15 is 0 Å². The highest BCUT2D eigenvalue weighted by Gasteiger charge is 2.57. The smallest absolute Gasteiger partial charge is 0.233 e. The standard InChI is InChI=1S/C19H26ClNO3S/c1-19(2)14-11-17(19)16(7-9-22)18(12-14)21-25(23,24)10-8-13-3-5-15(20)6-4-13/h3-6,8,10,14,16-18,21-22H,7,9,11-12H2,1-2H3/b10-8+/t14-,16+,17+,18+/m1/s1. The highest BCUT2D eigenvalue weighted by molar-refractivity contribution is 7.92. The lowest BCUT2D eigenvalue weighted by Crippen LogP contribution is -2.61. The molecule has 0 aromatic heterocycles. The molecule has 0 unspecified atom stereocenters. The molecule has 4 nitrogen and oxygen atoms in total. The van der Waals surface area contributed by atoms with Crippen LogP contribution in [0.1, 0.15) is 38.7 Å². The summed E-state index contributed by atoms with van der Waals surface area (Å²) in [5, 5.41) is 11.3. The predicted octanol–water partition coefficient (Wildman–Crippen LogP) is 3.66. The van der Waals surface area contributed by atoms with E-state index in [1.807, 2.05) is 0 Å². The van der Waals surface area contributed by atoms with Crippen molar-refractivity contribution in [2.24, 2.45) is 23.2 Å². The molecule has 25 heavy (non-hydrogen) atoms. The molecule has 1 aromatic carbocycles. The van der Waals surface area contributed by atoms with Crippen LogP contribution in [0, 0.1) is 23.2 Å². The van der Waals surface area contributed by atoms with Gasteiger partial charge in [-0.3, -0.25) is 0 Å². The van der Waals surface area contributed by atoms with Crippen molar-refractivity contribution in [3.8, 4) is 0 Å². The van der Waals surface area contributed by atoms with Crippen molar-refractivity contribution in [1.82, 2.24) is 4.72 Å². The summed E-state index contributed by atoms with van der Waals surface area (Å²) in [7, 11) is -3.53. The van der Waals surface area contributed by atoms with E-state index in [9.17, 15) is 13.5 Å². The lowest BCUT2D eigenvalue weighted by molar-refractivity contribution is -0.121. The minimum Gasteiger partial charge on any atom is -0.396 e. The SMILES string of the molecule is CC1(C)[C@H]2C[C@H](NS(=O)(=O)/C=C/c3ccc(Cl)cc3)[C@@H](CCO)[C@@H]1C2. The molecular formula is C19H26ClNO3S. The molecule has 2 N–H and O–H groups in total. The molecular weight excluding hydrogens is 358 g/mol. The van der Waals surface area contributed by atoms with E-state index in [0.29, 0.717) is 23.3 Å². The number of aliphatic hydroxyl groups excluding tert-OH is 1. The Morgan fingerprint density at radius 2 is 1.96 bits per heavy atom. The molecule has 0 aliphatic heterocycles. The zero-order valence-electron chi connectivity index (χ0n) is 14.7. The number of hydrogen-bond acceptors (Lipinski definition) is 3. The molecule has 3 saturated carbocycles. The Labute approximate surface area is 155 Å². The molecule has 0 heterocycles. The number of aliphatic hydroxyl groups is 1. The fourth-order valence-electron chi connectivity index (χ4n) is 4.62. The molecule has 0 spiro atoms. The third-order valence-corrected chi connectivity index (χ3v) is 7.58. The zero-order valence-corrected chi connectivity index (χ0v) is 16.2. The van der Waals surface area contributed by atoms with Crippen LogP contribution in [0.2, 0.25) is 5.02 Å². The van der Waals surface area contributed by atoms with Gasteiger partial charge in [0.1, 0.15) is 0 Å². The van der Waals surface area contributed by atoms with Crippen LogP contribution in [0.15, 0.2) is 29.7 Å². The predicted molar refractivity (Wildman–Crippen MR) is 102 cm³/mol. The highest BCUT2D eigenvalue weighted by Crippen LogP contribution is 2.62. The van der Waals surface area contributed by atoms with Gasteiger partial charge in [-0.1, -0.05) is 37.6 Å². The molecule has 0 amide bonds. The van der Waals surface area contributed by atoms with E-state index in [4.69, 9.17) is 11.6 Å². The van der Waals surface area contributed by atoms with E-state index < -0.39 is 10.0 Å². The van der Waals surface area contributed by atoms with E-state index in [1.54, 1.807) is 30.3 Å². The number of halogens is 1. The number of benzene rings is 1. The van der Waals surface area contributed by atoms with Crippen LogP contribution in [-0.2, 0) is 10.0 Å². The van der Waals surface area contributed by atoms with Gasteiger partial charge in [0.25, 0.3) is 0 Å². The summed E-state index contributed by atoms with van der Waals surface area (Å²) in [6.45, 7) is 4.63. The molecule has 1 aromatic rings. The quantitative estimate of drug-likeness (QED) is 0.787. The maximum absolute atomic E-state index is 12.5. The van der Waals surface area contributed by atoms with Crippen molar-refractivity contribution in [2.45, 2.75) is 39.2 Å². The van der Waals surface area contributed by atoms with Gasteiger partial charge in [0, 0.05) is 23.1 Å². The molecule has 0 radical (unpaired) electrons. The van der Waals surface area contributed by atoms with Crippen molar-refractivity contribution in [3.63, 3.8) is 0 Å². The Balaban J connectivity index is 1.70. The minimum absolute atomic E-state index is 0.0937. The first-order valence-electron chi connectivity index (χ1n) is 8.80. The molecule has 3 fully saturated rings. The fraction of sp³-hybridized carbons (Fsp3) is 0.579. The van der Waals surface area contributed by atoms with Gasteiger partial charge in [-0.05, 0) is 66.2 Å². The fourth-order valence-corrected chi connectivity index (χ4v) is 5.86. The van der Waals surface area contributed by atoms with Gasteiger partial charge in [0.05, 0.1) is 0 Å². The lowest BCUT2D eigenvalue weighted by atomic mass is 9.44. The molecule has 4 atom stereocenters. The minimum atomic E-state index is -3.53. The number of fused-ring (bicyclic) bond motifs is 2. The van der Waals surface area contributed by atoms with Gasteiger partial charge in [0.2, 0.25) is 10.0 Å². The molecule has 3 aliphatic rings. The van der Waals surface area contributed by atoms with Gasteiger partial charge in [-0.15, -0.1) is 0 Å². The van der Waals surface area contributed by atoms with Crippen LogP contribution in [0.25, 0.3) is 6.08 Å². The molecule has 6 heteroatoms. The maximum Gasteiger partial charge on any atom is 0.233 e. The summed E-state index contributed by atoms with van der Waals surface area (Å²) in [5.74, 6) is 1.23. The van der Waals surface area contributed by atoms with Crippen LogP contribution in [0.5, 0.6) is 0 Å². The Bertz CT molecular complexity index is 742. The second kappa shape index (κ2) is 7.03. The summed E-state index contributed by atoms with van der Waals surface area (Å²) in [4.78, 5) is 0. The van der Waals surface area contributed by atoms with Crippen molar-refractivity contribution < 1.29 is 13.5 Å². The van der Waals surface area contributed by atoms with E-state index in [0.717, 1.165) is 18.4 Å². The number of rotatable bonds is 6. The van der Waals surface area contributed by atoms with Crippen molar-refractivity contribution in [3.05, 3.63) is 40.3 Å². The monoisotopic (exact) mass is 383 g/mol. The van der Waals surface area contributed by atoms with E-state index in [1.165, 1.54) is 5.41 Å². The van der Waals surface area contributed by atoms with Gasteiger partial charge in [-0.25, -0.2) is 13.1 Å². The molecule has 138 valence electrons. The zero-order chi connectivity index (χ0) is 18.2. The van der Waals surface area contributed by atoms with Crippen LogP contribution in [0.4, 0.5) is 0 Å². The lowest BCUT2D eigenvalue weighted by Gasteiger charge is -2.62. The second-order valence-electron chi connectivity index (χ2n) is 7.90. The summed E-state index contributed by atoms with van der Waals surface area (Å²) in [5.41, 5.74) is 1.04. The normalized spacial score (nSPS) is 31.0. The Morgan fingerprint density at radius 3 is 2.56 bits per heavy atom. The molecule has 2 bridgehead atoms. The summed E-state index contributed by atoms with van der Waals surface area (Å²) in [6.07, 6.45) is 4.22. The average Bonchev–Trinajstić information content (AvgIpc) is 2.55. The number of nitrogens with one attached hydrogen (secondary N) is 1. The van der Waals surface area contributed by atoms with Gasteiger partial charge in [0.15, 0.2) is 0 Å². The summed E-state index contributed by atoms with van der Waals surface area (Å²) >= 11 is 5.84. The summed E-state index contributed by atoms with van der Waals surface area (Å²) in [6, 6.07) is 6.93. The first-order chi connectivity index (χ1) is 11.7. The van der Waals surface area contributed by atoms with E-state index in [-0.39, 0.29) is 24.0 Å². The number of sulfonamides is 1.